The molecule has 0 aliphatic carbocycles. The van der Waals surface area contributed by atoms with Crippen LogP contribution >= 0.6 is 0 Å². The lowest BCUT2D eigenvalue weighted by Crippen LogP contribution is -2.38. The van der Waals surface area contributed by atoms with Gasteiger partial charge in [-0.2, -0.15) is 5.10 Å². The van der Waals surface area contributed by atoms with Crippen molar-refractivity contribution in [3.63, 3.8) is 0 Å². The van der Waals surface area contributed by atoms with Gasteiger partial charge in [-0.1, -0.05) is 12.1 Å². The molecule has 1 aromatic carbocycles. The van der Waals surface area contributed by atoms with Crippen LogP contribution in [-0.2, 0) is 13.0 Å². The SMILES string of the molecule is c1cnnc(N2CCCC2CNCc2ccc3c(c2)CCO3)c1. The van der Waals surface area contributed by atoms with Crippen LogP contribution in [0.25, 0.3) is 0 Å². The first-order valence-electron chi connectivity index (χ1n) is 8.40. The van der Waals surface area contributed by atoms with E-state index in [0.29, 0.717) is 6.04 Å². The summed E-state index contributed by atoms with van der Waals surface area (Å²) < 4.78 is 5.56. The van der Waals surface area contributed by atoms with Crippen molar-refractivity contribution in [2.75, 3.05) is 24.6 Å². The summed E-state index contributed by atoms with van der Waals surface area (Å²) in [5, 5.41) is 11.9. The first-order chi connectivity index (χ1) is 11.4. The fourth-order valence-corrected chi connectivity index (χ4v) is 3.53. The van der Waals surface area contributed by atoms with Gasteiger partial charge in [-0.05, 0) is 42.2 Å². The highest BCUT2D eigenvalue weighted by Crippen LogP contribution is 2.26. The Bertz CT molecular complexity index is 661. The van der Waals surface area contributed by atoms with E-state index < -0.39 is 0 Å². The molecule has 2 aliphatic heterocycles. The standard InChI is InChI=1S/C18H22N4O/c1-4-18(21-20-8-1)22-9-2-3-16(22)13-19-12-14-5-6-17-15(11-14)7-10-23-17/h1,4-6,8,11,16,19H,2-3,7,9-10,12-13H2. The van der Waals surface area contributed by atoms with Gasteiger partial charge < -0.3 is 15.0 Å². The second-order valence-corrected chi connectivity index (χ2v) is 6.24. The topological polar surface area (TPSA) is 50.3 Å². The third kappa shape index (κ3) is 3.15. The van der Waals surface area contributed by atoms with E-state index in [0.717, 1.165) is 44.2 Å². The average Bonchev–Trinajstić information content (AvgIpc) is 3.24. The number of benzene rings is 1. The third-order valence-electron chi connectivity index (χ3n) is 4.69. The molecule has 23 heavy (non-hydrogen) atoms. The molecule has 1 atom stereocenters. The molecule has 1 fully saturated rings. The van der Waals surface area contributed by atoms with E-state index in [1.807, 2.05) is 12.1 Å². The molecular formula is C18H22N4O. The van der Waals surface area contributed by atoms with Gasteiger partial charge in [0.2, 0.25) is 0 Å². The monoisotopic (exact) mass is 310 g/mol. The number of aromatic nitrogens is 2. The zero-order valence-corrected chi connectivity index (χ0v) is 13.2. The molecule has 0 bridgehead atoms. The van der Waals surface area contributed by atoms with Crippen LogP contribution in [0.3, 0.4) is 0 Å². The number of anilines is 1. The number of nitrogens with zero attached hydrogens (tertiary/aromatic N) is 3. The van der Waals surface area contributed by atoms with Crippen molar-refractivity contribution in [3.8, 4) is 5.75 Å². The summed E-state index contributed by atoms with van der Waals surface area (Å²) in [6.45, 7) is 3.77. The van der Waals surface area contributed by atoms with E-state index in [1.165, 1.54) is 24.0 Å². The fraction of sp³-hybridized carbons (Fsp3) is 0.444. The fourth-order valence-electron chi connectivity index (χ4n) is 3.53. The van der Waals surface area contributed by atoms with Crippen molar-refractivity contribution in [1.29, 1.82) is 0 Å². The molecular weight excluding hydrogens is 288 g/mol. The van der Waals surface area contributed by atoms with Gasteiger partial charge in [0, 0.05) is 38.3 Å². The number of hydrogen-bond donors (Lipinski definition) is 1. The van der Waals surface area contributed by atoms with E-state index in [9.17, 15) is 0 Å². The highest BCUT2D eigenvalue weighted by Gasteiger charge is 2.25. The molecule has 2 aromatic rings. The van der Waals surface area contributed by atoms with Gasteiger partial charge in [0.1, 0.15) is 5.75 Å². The zero-order chi connectivity index (χ0) is 15.5. The van der Waals surface area contributed by atoms with Crippen LogP contribution in [0.5, 0.6) is 5.75 Å². The molecule has 5 heteroatoms. The van der Waals surface area contributed by atoms with Gasteiger partial charge in [-0.25, -0.2) is 0 Å². The van der Waals surface area contributed by atoms with Crippen LogP contribution in [0.15, 0.2) is 36.5 Å². The largest absolute Gasteiger partial charge is 0.493 e. The molecule has 0 spiro atoms. The van der Waals surface area contributed by atoms with Gasteiger partial charge in [0.15, 0.2) is 5.82 Å². The van der Waals surface area contributed by atoms with E-state index in [-0.39, 0.29) is 0 Å². The summed E-state index contributed by atoms with van der Waals surface area (Å²) in [6, 6.07) is 11.0. The van der Waals surface area contributed by atoms with Gasteiger partial charge in [-0.3, -0.25) is 0 Å². The molecule has 3 heterocycles. The Hall–Kier alpha value is -2.14. The van der Waals surface area contributed by atoms with Crippen LogP contribution in [0.1, 0.15) is 24.0 Å². The van der Waals surface area contributed by atoms with Crippen LogP contribution in [-0.4, -0.2) is 35.9 Å². The highest BCUT2D eigenvalue weighted by molar-refractivity contribution is 5.40. The minimum absolute atomic E-state index is 0.504. The van der Waals surface area contributed by atoms with Gasteiger partial charge in [0.25, 0.3) is 0 Å². The number of hydrogen-bond acceptors (Lipinski definition) is 5. The third-order valence-corrected chi connectivity index (χ3v) is 4.69. The predicted octanol–water partition coefficient (Wildman–Crippen LogP) is 2.17. The summed E-state index contributed by atoms with van der Waals surface area (Å²) in [4.78, 5) is 2.37. The maximum Gasteiger partial charge on any atom is 0.151 e. The highest BCUT2D eigenvalue weighted by atomic mass is 16.5. The Morgan fingerprint density at radius 3 is 3.22 bits per heavy atom. The molecule has 0 saturated carbocycles. The average molecular weight is 310 g/mol. The lowest BCUT2D eigenvalue weighted by Gasteiger charge is -2.25. The zero-order valence-electron chi connectivity index (χ0n) is 13.2. The van der Waals surface area contributed by atoms with Crippen LogP contribution in [0, 0.1) is 0 Å². The van der Waals surface area contributed by atoms with Crippen molar-refractivity contribution in [3.05, 3.63) is 47.7 Å². The van der Waals surface area contributed by atoms with Crippen molar-refractivity contribution < 1.29 is 4.74 Å². The van der Waals surface area contributed by atoms with Crippen LogP contribution < -0.4 is 15.0 Å². The Balaban J connectivity index is 1.34. The van der Waals surface area contributed by atoms with Gasteiger partial charge in [0.05, 0.1) is 6.61 Å². The number of rotatable bonds is 5. The number of fused-ring (bicyclic) bond motifs is 1. The number of ether oxygens (including phenoxy) is 1. The molecule has 1 unspecified atom stereocenters. The molecule has 1 saturated heterocycles. The normalized spacial score (nSPS) is 19.7. The van der Waals surface area contributed by atoms with Crippen molar-refractivity contribution in [2.24, 2.45) is 0 Å². The summed E-state index contributed by atoms with van der Waals surface area (Å²) in [7, 11) is 0. The van der Waals surface area contributed by atoms with E-state index in [4.69, 9.17) is 4.74 Å². The molecule has 1 aromatic heterocycles. The molecule has 5 nitrogen and oxygen atoms in total. The molecule has 1 N–H and O–H groups in total. The van der Waals surface area contributed by atoms with Crippen molar-refractivity contribution in [2.45, 2.75) is 31.8 Å². The van der Waals surface area contributed by atoms with Crippen LogP contribution in [0.2, 0.25) is 0 Å². The second-order valence-electron chi connectivity index (χ2n) is 6.24. The minimum atomic E-state index is 0.504. The van der Waals surface area contributed by atoms with E-state index in [1.54, 1.807) is 6.20 Å². The molecule has 4 rings (SSSR count). The predicted molar refractivity (Wildman–Crippen MR) is 89.7 cm³/mol. The van der Waals surface area contributed by atoms with E-state index >= 15 is 0 Å². The number of nitrogens with one attached hydrogen (secondary N) is 1. The summed E-state index contributed by atoms with van der Waals surface area (Å²) in [5.74, 6) is 2.05. The Labute approximate surface area is 136 Å². The maximum absolute atomic E-state index is 5.56. The summed E-state index contributed by atoms with van der Waals surface area (Å²) in [6.07, 6.45) is 5.19. The Morgan fingerprint density at radius 1 is 1.30 bits per heavy atom. The summed E-state index contributed by atoms with van der Waals surface area (Å²) >= 11 is 0. The van der Waals surface area contributed by atoms with Crippen molar-refractivity contribution in [1.82, 2.24) is 15.5 Å². The Morgan fingerprint density at radius 2 is 2.30 bits per heavy atom. The summed E-state index contributed by atoms with van der Waals surface area (Å²) in [5.41, 5.74) is 2.67. The second kappa shape index (κ2) is 6.54. The van der Waals surface area contributed by atoms with Crippen LogP contribution in [0.4, 0.5) is 5.82 Å². The van der Waals surface area contributed by atoms with Gasteiger partial charge in [-0.15, -0.1) is 5.10 Å². The minimum Gasteiger partial charge on any atom is -0.493 e. The first-order valence-corrected chi connectivity index (χ1v) is 8.40. The lowest BCUT2D eigenvalue weighted by molar-refractivity contribution is 0.357. The molecule has 0 radical (unpaired) electrons. The first kappa shape index (κ1) is 14.5. The smallest absolute Gasteiger partial charge is 0.151 e. The quantitative estimate of drug-likeness (QED) is 0.917. The maximum atomic E-state index is 5.56. The molecule has 120 valence electrons. The van der Waals surface area contributed by atoms with Gasteiger partial charge >= 0.3 is 0 Å². The van der Waals surface area contributed by atoms with E-state index in [2.05, 4.69) is 38.6 Å². The van der Waals surface area contributed by atoms with Crippen molar-refractivity contribution >= 4 is 5.82 Å². The molecule has 0 amide bonds. The Kier molecular flexibility index (Phi) is 4.11. The lowest BCUT2D eigenvalue weighted by atomic mass is 10.1. The molecule has 2 aliphatic rings.